The molecule has 0 spiro atoms. The van der Waals surface area contributed by atoms with Crippen molar-refractivity contribution in [2.24, 2.45) is 0 Å². The number of ketones is 1. The van der Waals surface area contributed by atoms with Crippen LogP contribution >= 0.6 is 0 Å². The SMILES string of the molecule is Cc1cc(C)cc(C(=O)C2(N3CCOCC3)CCCC2)c1. The number of hydrogen-bond donors (Lipinski definition) is 0. The van der Waals surface area contributed by atoms with E-state index in [4.69, 9.17) is 4.74 Å². The van der Waals surface area contributed by atoms with Crippen LogP contribution in [0.4, 0.5) is 0 Å². The van der Waals surface area contributed by atoms with E-state index in [9.17, 15) is 4.79 Å². The molecule has 1 heterocycles. The third-order valence-corrected chi connectivity index (χ3v) is 4.95. The van der Waals surface area contributed by atoms with Crippen LogP contribution in [0.3, 0.4) is 0 Å². The molecule has 0 unspecified atom stereocenters. The highest BCUT2D eigenvalue weighted by Gasteiger charge is 2.46. The van der Waals surface area contributed by atoms with Gasteiger partial charge in [-0.25, -0.2) is 0 Å². The highest BCUT2D eigenvalue weighted by molar-refractivity contribution is 6.03. The summed E-state index contributed by atoms with van der Waals surface area (Å²) in [6, 6.07) is 6.23. The second kappa shape index (κ2) is 5.90. The zero-order chi connectivity index (χ0) is 14.9. The fourth-order valence-electron chi connectivity index (χ4n) is 4.01. The topological polar surface area (TPSA) is 29.5 Å². The van der Waals surface area contributed by atoms with Crippen molar-refractivity contribution < 1.29 is 9.53 Å². The smallest absolute Gasteiger partial charge is 0.183 e. The summed E-state index contributed by atoms with van der Waals surface area (Å²) >= 11 is 0. The lowest BCUT2D eigenvalue weighted by Crippen LogP contribution is -2.56. The van der Waals surface area contributed by atoms with E-state index >= 15 is 0 Å². The number of morpholine rings is 1. The minimum absolute atomic E-state index is 0.274. The summed E-state index contributed by atoms with van der Waals surface area (Å²) in [5, 5.41) is 0. The lowest BCUT2D eigenvalue weighted by atomic mass is 9.84. The van der Waals surface area contributed by atoms with Crippen LogP contribution in [0.1, 0.15) is 47.2 Å². The molecule has 0 atom stereocenters. The van der Waals surface area contributed by atoms with Crippen LogP contribution in [0.25, 0.3) is 0 Å². The van der Waals surface area contributed by atoms with Crippen LogP contribution < -0.4 is 0 Å². The number of aryl methyl sites for hydroxylation is 2. The maximum Gasteiger partial charge on any atom is 0.183 e. The van der Waals surface area contributed by atoms with E-state index in [1.54, 1.807) is 0 Å². The third kappa shape index (κ3) is 2.77. The highest BCUT2D eigenvalue weighted by Crippen LogP contribution is 2.38. The first-order valence-corrected chi connectivity index (χ1v) is 8.08. The van der Waals surface area contributed by atoms with Gasteiger partial charge in [0, 0.05) is 18.7 Å². The van der Waals surface area contributed by atoms with Crippen molar-refractivity contribution >= 4 is 5.78 Å². The van der Waals surface area contributed by atoms with Crippen molar-refractivity contribution in [1.29, 1.82) is 0 Å². The summed E-state index contributed by atoms with van der Waals surface area (Å²) in [7, 11) is 0. The Morgan fingerprint density at radius 2 is 1.62 bits per heavy atom. The minimum atomic E-state index is -0.274. The van der Waals surface area contributed by atoms with Crippen molar-refractivity contribution in [1.82, 2.24) is 4.90 Å². The molecule has 0 N–H and O–H groups in total. The summed E-state index contributed by atoms with van der Waals surface area (Å²) in [5.74, 6) is 0.328. The largest absolute Gasteiger partial charge is 0.379 e. The summed E-state index contributed by atoms with van der Waals surface area (Å²) < 4.78 is 5.47. The molecule has 1 saturated carbocycles. The van der Waals surface area contributed by atoms with Crippen LogP contribution in [0.5, 0.6) is 0 Å². The van der Waals surface area contributed by atoms with Crippen LogP contribution in [0.2, 0.25) is 0 Å². The molecule has 2 fully saturated rings. The standard InChI is InChI=1S/C18H25NO2/c1-14-11-15(2)13-16(12-14)17(20)18(5-3-4-6-18)19-7-9-21-10-8-19/h11-13H,3-10H2,1-2H3. The molecular formula is C18H25NO2. The molecule has 1 aliphatic heterocycles. The van der Waals surface area contributed by atoms with E-state index in [1.807, 2.05) is 0 Å². The zero-order valence-corrected chi connectivity index (χ0v) is 13.2. The molecule has 1 aromatic carbocycles. The van der Waals surface area contributed by atoms with Gasteiger partial charge in [0.05, 0.1) is 18.8 Å². The number of carbonyl (C=O) groups excluding carboxylic acids is 1. The van der Waals surface area contributed by atoms with Crippen molar-refractivity contribution in [3.05, 3.63) is 34.9 Å². The predicted molar refractivity (Wildman–Crippen MR) is 83.8 cm³/mol. The number of hydrogen-bond acceptors (Lipinski definition) is 3. The molecule has 1 saturated heterocycles. The Morgan fingerprint density at radius 3 is 2.19 bits per heavy atom. The number of nitrogens with zero attached hydrogens (tertiary/aromatic N) is 1. The molecule has 0 bridgehead atoms. The zero-order valence-electron chi connectivity index (χ0n) is 13.2. The van der Waals surface area contributed by atoms with Gasteiger partial charge in [0.25, 0.3) is 0 Å². The Morgan fingerprint density at radius 1 is 1.05 bits per heavy atom. The molecule has 0 amide bonds. The Bertz CT molecular complexity index is 506. The minimum Gasteiger partial charge on any atom is -0.379 e. The first kappa shape index (κ1) is 14.7. The second-order valence-electron chi connectivity index (χ2n) is 6.54. The van der Waals surface area contributed by atoms with E-state index in [2.05, 4.69) is 36.9 Å². The number of benzene rings is 1. The van der Waals surface area contributed by atoms with Crippen LogP contribution in [0.15, 0.2) is 18.2 Å². The molecule has 3 rings (SSSR count). The molecule has 3 heteroatoms. The number of rotatable bonds is 3. The molecule has 0 aromatic heterocycles. The third-order valence-electron chi connectivity index (χ3n) is 4.95. The molecule has 1 aromatic rings. The van der Waals surface area contributed by atoms with Crippen molar-refractivity contribution in [3.8, 4) is 0 Å². The summed E-state index contributed by atoms with van der Waals surface area (Å²) in [5.41, 5.74) is 2.96. The fraction of sp³-hybridized carbons (Fsp3) is 0.611. The number of Topliss-reactive ketones (excluding diaryl/α,β-unsaturated/α-hetero) is 1. The second-order valence-corrected chi connectivity index (χ2v) is 6.54. The maximum absolute atomic E-state index is 13.3. The van der Waals surface area contributed by atoms with E-state index in [0.29, 0.717) is 5.78 Å². The van der Waals surface area contributed by atoms with Gasteiger partial charge in [-0.1, -0.05) is 30.0 Å². The molecule has 0 radical (unpaired) electrons. The molecule has 1 aliphatic carbocycles. The van der Waals surface area contributed by atoms with Crippen molar-refractivity contribution in [2.45, 2.75) is 45.1 Å². The lowest BCUT2D eigenvalue weighted by molar-refractivity contribution is -0.0130. The van der Waals surface area contributed by atoms with E-state index < -0.39 is 0 Å². The van der Waals surface area contributed by atoms with Gasteiger partial charge in [-0.3, -0.25) is 9.69 Å². The van der Waals surface area contributed by atoms with Gasteiger partial charge in [-0.2, -0.15) is 0 Å². The molecule has 2 aliphatic rings. The first-order chi connectivity index (χ1) is 10.1. The monoisotopic (exact) mass is 287 g/mol. The Balaban J connectivity index is 1.94. The summed E-state index contributed by atoms with van der Waals surface area (Å²) in [6.45, 7) is 7.41. The van der Waals surface area contributed by atoms with E-state index in [1.165, 1.54) is 11.1 Å². The van der Waals surface area contributed by atoms with Gasteiger partial charge in [0.1, 0.15) is 0 Å². The van der Waals surface area contributed by atoms with Gasteiger partial charge < -0.3 is 4.74 Å². The van der Waals surface area contributed by atoms with Crippen LogP contribution in [-0.4, -0.2) is 42.5 Å². The van der Waals surface area contributed by atoms with E-state index in [-0.39, 0.29) is 5.54 Å². The van der Waals surface area contributed by atoms with Crippen molar-refractivity contribution in [2.75, 3.05) is 26.3 Å². The van der Waals surface area contributed by atoms with Gasteiger partial charge in [0.2, 0.25) is 0 Å². The average Bonchev–Trinajstić information content (AvgIpc) is 2.97. The van der Waals surface area contributed by atoms with E-state index in [0.717, 1.165) is 57.6 Å². The predicted octanol–water partition coefficient (Wildman–Crippen LogP) is 3.13. The van der Waals surface area contributed by atoms with Crippen LogP contribution in [-0.2, 0) is 4.74 Å². The highest BCUT2D eigenvalue weighted by atomic mass is 16.5. The van der Waals surface area contributed by atoms with Crippen molar-refractivity contribution in [3.63, 3.8) is 0 Å². The molecule has 21 heavy (non-hydrogen) atoms. The average molecular weight is 287 g/mol. The Labute approximate surface area is 127 Å². The van der Waals surface area contributed by atoms with Gasteiger partial charge >= 0.3 is 0 Å². The normalized spacial score (nSPS) is 22.4. The fourth-order valence-corrected chi connectivity index (χ4v) is 4.01. The van der Waals surface area contributed by atoms with Gasteiger partial charge in [0.15, 0.2) is 5.78 Å². The van der Waals surface area contributed by atoms with Gasteiger partial charge in [-0.05, 0) is 38.8 Å². The first-order valence-electron chi connectivity index (χ1n) is 8.08. The maximum atomic E-state index is 13.3. The van der Waals surface area contributed by atoms with Crippen LogP contribution in [0, 0.1) is 13.8 Å². The molecule has 3 nitrogen and oxygen atoms in total. The molecular weight excluding hydrogens is 262 g/mol. The van der Waals surface area contributed by atoms with Gasteiger partial charge in [-0.15, -0.1) is 0 Å². The summed E-state index contributed by atoms with van der Waals surface area (Å²) in [4.78, 5) is 15.7. The number of ether oxygens (including phenoxy) is 1. The Hall–Kier alpha value is -1.19. The quantitative estimate of drug-likeness (QED) is 0.800. The Kier molecular flexibility index (Phi) is 4.14. The summed E-state index contributed by atoms with van der Waals surface area (Å²) in [6.07, 6.45) is 4.32. The number of carbonyl (C=O) groups is 1. The lowest BCUT2D eigenvalue weighted by Gasteiger charge is -2.42. The molecule has 114 valence electrons.